The van der Waals surface area contributed by atoms with Crippen molar-refractivity contribution >= 4 is 41.0 Å². The first-order chi connectivity index (χ1) is 15.9. The minimum Gasteiger partial charge on any atom is -0.378 e. The molecule has 0 saturated carbocycles. The maximum Gasteiger partial charge on any atom is 0.288 e. The summed E-state index contributed by atoms with van der Waals surface area (Å²) in [5.74, 6) is -0.385. The highest BCUT2D eigenvalue weighted by Crippen LogP contribution is 2.20. The fourth-order valence-corrected chi connectivity index (χ4v) is 3.49. The number of nitrogens with zero attached hydrogens (tertiary/aromatic N) is 3. The largest absolute Gasteiger partial charge is 0.378 e. The molecule has 6 nitrogen and oxygen atoms in total. The highest BCUT2D eigenvalue weighted by atomic mass is 35.5. The van der Waals surface area contributed by atoms with Gasteiger partial charge in [0.05, 0.1) is 6.42 Å². The molecule has 1 aliphatic heterocycles. The van der Waals surface area contributed by atoms with E-state index >= 15 is 0 Å². The number of carbonyl (C=O) groups is 2. The zero-order valence-corrected chi connectivity index (χ0v) is 19.1. The molecule has 33 heavy (non-hydrogen) atoms. The Morgan fingerprint density at radius 3 is 2.30 bits per heavy atom. The maximum absolute atomic E-state index is 13.1. The second-order valence-corrected chi connectivity index (χ2v) is 8.23. The minimum absolute atomic E-state index is 0.0916. The molecular formula is C26H23ClN4O2. The number of anilines is 1. The molecule has 0 saturated heterocycles. The zero-order chi connectivity index (χ0) is 23.4. The summed E-state index contributed by atoms with van der Waals surface area (Å²) in [6.07, 6.45) is 1.80. The van der Waals surface area contributed by atoms with E-state index in [4.69, 9.17) is 11.6 Å². The van der Waals surface area contributed by atoms with Crippen LogP contribution in [0.25, 0.3) is 6.08 Å². The number of amidine groups is 1. The van der Waals surface area contributed by atoms with Gasteiger partial charge in [-0.25, -0.2) is 10.0 Å². The van der Waals surface area contributed by atoms with Crippen molar-refractivity contribution in [2.24, 2.45) is 4.99 Å². The number of halogens is 1. The molecule has 4 rings (SSSR count). The molecule has 3 aromatic carbocycles. The van der Waals surface area contributed by atoms with Crippen LogP contribution in [0.2, 0.25) is 5.02 Å². The lowest BCUT2D eigenvalue weighted by Gasteiger charge is -2.29. The number of benzene rings is 3. The average Bonchev–Trinajstić information content (AvgIpc) is 2.82. The fraction of sp³-hybridized carbons (Fsp3) is 0.115. The van der Waals surface area contributed by atoms with E-state index in [1.54, 1.807) is 30.3 Å². The lowest BCUT2D eigenvalue weighted by molar-refractivity contribution is -0.135. The van der Waals surface area contributed by atoms with Crippen LogP contribution in [0.15, 0.2) is 89.6 Å². The topological polar surface area (TPSA) is 65.0 Å². The normalized spacial score (nSPS) is 14.6. The Kier molecular flexibility index (Phi) is 6.56. The second-order valence-electron chi connectivity index (χ2n) is 7.79. The van der Waals surface area contributed by atoms with Crippen molar-refractivity contribution in [1.29, 1.82) is 0 Å². The van der Waals surface area contributed by atoms with Gasteiger partial charge in [0, 0.05) is 30.4 Å². The predicted molar refractivity (Wildman–Crippen MR) is 132 cm³/mol. The monoisotopic (exact) mass is 458 g/mol. The Balaban J connectivity index is 1.68. The third-order valence-electron chi connectivity index (χ3n) is 5.15. The first-order valence-electron chi connectivity index (χ1n) is 10.4. The van der Waals surface area contributed by atoms with E-state index in [0.717, 1.165) is 22.4 Å². The van der Waals surface area contributed by atoms with Crippen LogP contribution in [0.3, 0.4) is 0 Å². The molecule has 0 bridgehead atoms. The van der Waals surface area contributed by atoms with E-state index in [2.05, 4.69) is 10.4 Å². The number of rotatable bonds is 5. The van der Waals surface area contributed by atoms with E-state index < -0.39 is 5.91 Å². The van der Waals surface area contributed by atoms with Gasteiger partial charge in [0.25, 0.3) is 11.8 Å². The number of nitrogens with one attached hydrogen (secondary N) is 1. The van der Waals surface area contributed by atoms with E-state index in [9.17, 15) is 9.59 Å². The lowest BCUT2D eigenvalue weighted by atomic mass is 10.1. The van der Waals surface area contributed by atoms with Crippen molar-refractivity contribution in [2.75, 3.05) is 19.0 Å². The van der Waals surface area contributed by atoms with E-state index in [1.807, 2.05) is 73.6 Å². The molecule has 7 heteroatoms. The molecular weight excluding hydrogens is 436 g/mol. The Morgan fingerprint density at radius 2 is 1.67 bits per heavy atom. The molecule has 0 radical (unpaired) electrons. The van der Waals surface area contributed by atoms with Crippen LogP contribution < -0.4 is 10.3 Å². The van der Waals surface area contributed by atoms with Crippen molar-refractivity contribution in [2.45, 2.75) is 6.42 Å². The minimum atomic E-state index is -0.448. The highest BCUT2D eigenvalue weighted by molar-refractivity contribution is 6.30. The van der Waals surface area contributed by atoms with Crippen LogP contribution in [0.4, 0.5) is 5.69 Å². The van der Waals surface area contributed by atoms with Crippen molar-refractivity contribution in [1.82, 2.24) is 10.4 Å². The van der Waals surface area contributed by atoms with Gasteiger partial charge in [0.15, 0.2) is 5.84 Å². The van der Waals surface area contributed by atoms with Crippen LogP contribution in [-0.2, 0) is 16.0 Å². The average molecular weight is 459 g/mol. The second kappa shape index (κ2) is 9.71. The van der Waals surface area contributed by atoms with Gasteiger partial charge >= 0.3 is 0 Å². The molecule has 0 fully saturated rings. The summed E-state index contributed by atoms with van der Waals surface area (Å²) in [7, 11) is 3.93. The first-order valence-corrected chi connectivity index (χ1v) is 10.8. The van der Waals surface area contributed by atoms with Gasteiger partial charge in [-0.1, -0.05) is 66.2 Å². The quantitative estimate of drug-likeness (QED) is 0.579. The smallest absolute Gasteiger partial charge is 0.288 e. The summed E-state index contributed by atoms with van der Waals surface area (Å²) in [5.41, 5.74) is 6.33. The lowest BCUT2D eigenvalue weighted by Crippen LogP contribution is -2.53. The molecule has 0 atom stereocenters. The maximum atomic E-state index is 13.1. The summed E-state index contributed by atoms with van der Waals surface area (Å²) >= 11 is 5.95. The van der Waals surface area contributed by atoms with Gasteiger partial charge in [-0.15, -0.1) is 0 Å². The van der Waals surface area contributed by atoms with Gasteiger partial charge < -0.3 is 4.90 Å². The van der Waals surface area contributed by atoms with E-state index in [-0.39, 0.29) is 18.0 Å². The van der Waals surface area contributed by atoms with Crippen molar-refractivity contribution in [3.63, 3.8) is 0 Å². The van der Waals surface area contributed by atoms with Gasteiger partial charge in [0.1, 0.15) is 5.70 Å². The molecule has 0 spiro atoms. The Morgan fingerprint density at radius 1 is 1.00 bits per heavy atom. The fourth-order valence-electron chi connectivity index (χ4n) is 3.37. The van der Waals surface area contributed by atoms with Crippen LogP contribution in [0, 0.1) is 0 Å². The van der Waals surface area contributed by atoms with Crippen LogP contribution in [0.5, 0.6) is 0 Å². The number of hydrogen-bond donors (Lipinski definition) is 1. The van der Waals surface area contributed by atoms with Gasteiger partial charge in [-0.05, 0) is 41.5 Å². The van der Waals surface area contributed by atoms with Crippen LogP contribution >= 0.6 is 11.6 Å². The third kappa shape index (κ3) is 5.30. The van der Waals surface area contributed by atoms with E-state index in [1.165, 1.54) is 5.01 Å². The highest BCUT2D eigenvalue weighted by Gasteiger charge is 2.29. The molecule has 0 aromatic heterocycles. The standard InChI is InChI=1S/C26H23ClN4O2/c1-30(2)22-14-10-18(11-15-22)16-23-26(33)29-31(25(28-23)20-6-4-3-5-7-20)24(32)17-19-8-12-21(27)13-9-19/h3-16H,17H2,1-2H3,(H,29,33)/b23-16+. The summed E-state index contributed by atoms with van der Waals surface area (Å²) in [6.45, 7) is 0. The molecule has 3 aromatic rings. The van der Waals surface area contributed by atoms with Gasteiger partial charge in [0.2, 0.25) is 0 Å². The molecule has 0 unspecified atom stereocenters. The SMILES string of the molecule is CN(C)c1ccc(/C=C2/N=C(c3ccccc3)N(C(=O)Cc3ccc(Cl)cc3)NC2=O)cc1. The van der Waals surface area contributed by atoms with Crippen molar-refractivity contribution in [3.05, 3.63) is 106 Å². The number of hydrazine groups is 1. The zero-order valence-electron chi connectivity index (χ0n) is 18.3. The molecule has 1 aliphatic rings. The number of aliphatic imine (C=N–C) groups is 1. The predicted octanol–water partition coefficient (Wildman–Crippen LogP) is 4.31. The Bertz CT molecular complexity index is 1220. The van der Waals surface area contributed by atoms with E-state index in [0.29, 0.717) is 10.9 Å². The third-order valence-corrected chi connectivity index (χ3v) is 5.40. The molecule has 1 N–H and O–H groups in total. The number of hydrogen-bond acceptors (Lipinski definition) is 4. The molecule has 2 amide bonds. The summed E-state index contributed by atoms with van der Waals surface area (Å²) in [4.78, 5) is 32.6. The molecule has 0 aliphatic carbocycles. The van der Waals surface area contributed by atoms with Crippen molar-refractivity contribution in [3.8, 4) is 0 Å². The number of amides is 2. The number of carbonyl (C=O) groups excluding carboxylic acids is 2. The molecule has 1 heterocycles. The summed E-state index contributed by atoms with van der Waals surface area (Å²) in [5, 5.41) is 1.82. The van der Waals surface area contributed by atoms with Gasteiger partial charge in [-0.3, -0.25) is 15.0 Å². The van der Waals surface area contributed by atoms with Crippen LogP contribution in [-0.4, -0.2) is 36.8 Å². The first kappa shape index (κ1) is 22.3. The Labute approximate surface area is 197 Å². The van der Waals surface area contributed by atoms with Gasteiger partial charge in [-0.2, -0.15) is 0 Å². The summed E-state index contributed by atoms with van der Waals surface area (Å²) in [6, 6.07) is 24.1. The van der Waals surface area contributed by atoms with Crippen molar-refractivity contribution < 1.29 is 9.59 Å². The summed E-state index contributed by atoms with van der Waals surface area (Å²) < 4.78 is 0. The Hall–Kier alpha value is -3.90. The van der Waals surface area contributed by atoms with Crippen LogP contribution in [0.1, 0.15) is 16.7 Å². The molecule has 166 valence electrons.